The van der Waals surface area contributed by atoms with Crippen LogP contribution in [0.2, 0.25) is 0 Å². The van der Waals surface area contributed by atoms with Gasteiger partial charge in [0.1, 0.15) is 6.10 Å². The molecule has 1 aliphatic rings. The van der Waals surface area contributed by atoms with Gasteiger partial charge >= 0.3 is 7.12 Å². The molecule has 0 aromatic carbocycles. The highest BCUT2D eigenvalue weighted by Gasteiger charge is 2.24. The van der Waals surface area contributed by atoms with E-state index in [0.717, 1.165) is 16.4 Å². The minimum absolute atomic E-state index is 0.309. The summed E-state index contributed by atoms with van der Waals surface area (Å²) in [5, 5.41) is 17.9. The summed E-state index contributed by atoms with van der Waals surface area (Å²) in [5.74, 6) is 0.557. The SMILES string of the molecule is OB(O)c1cnc(OC2CC2)cc1I. The zero-order valence-electron chi connectivity index (χ0n) is 7.35. The molecule has 0 spiro atoms. The van der Waals surface area contributed by atoms with E-state index in [2.05, 4.69) is 4.98 Å². The second-order valence-electron chi connectivity index (χ2n) is 3.23. The van der Waals surface area contributed by atoms with Crippen LogP contribution < -0.4 is 10.2 Å². The summed E-state index contributed by atoms with van der Waals surface area (Å²) < 4.78 is 6.21. The first-order chi connectivity index (χ1) is 6.66. The van der Waals surface area contributed by atoms with Crippen molar-refractivity contribution in [1.29, 1.82) is 0 Å². The van der Waals surface area contributed by atoms with Crippen LogP contribution in [0.5, 0.6) is 5.88 Å². The summed E-state index contributed by atoms with van der Waals surface area (Å²) in [6.45, 7) is 0. The van der Waals surface area contributed by atoms with Gasteiger partial charge in [-0.05, 0) is 35.4 Å². The first kappa shape index (κ1) is 10.2. The van der Waals surface area contributed by atoms with E-state index >= 15 is 0 Å². The second kappa shape index (κ2) is 4.04. The van der Waals surface area contributed by atoms with Crippen LogP contribution >= 0.6 is 22.6 Å². The van der Waals surface area contributed by atoms with E-state index in [0.29, 0.717) is 17.4 Å². The number of aromatic nitrogens is 1. The van der Waals surface area contributed by atoms with Gasteiger partial charge in [0.15, 0.2) is 0 Å². The lowest BCUT2D eigenvalue weighted by molar-refractivity contribution is 0.291. The van der Waals surface area contributed by atoms with Gasteiger partial charge < -0.3 is 14.8 Å². The van der Waals surface area contributed by atoms with Gasteiger partial charge in [-0.25, -0.2) is 4.98 Å². The smallest absolute Gasteiger partial charge is 0.474 e. The lowest BCUT2D eigenvalue weighted by Crippen LogP contribution is -2.32. The molecular weight excluding hydrogens is 296 g/mol. The molecule has 2 rings (SSSR count). The van der Waals surface area contributed by atoms with E-state index in [4.69, 9.17) is 14.8 Å². The third kappa shape index (κ3) is 2.37. The Morgan fingerprint density at radius 2 is 2.21 bits per heavy atom. The Labute approximate surface area is 95.6 Å². The molecule has 1 aliphatic carbocycles. The Kier molecular flexibility index (Phi) is 2.94. The van der Waals surface area contributed by atoms with E-state index in [9.17, 15) is 0 Å². The van der Waals surface area contributed by atoms with E-state index in [1.807, 2.05) is 22.6 Å². The molecule has 1 saturated carbocycles. The topological polar surface area (TPSA) is 62.6 Å². The predicted octanol–water partition coefficient (Wildman–Crippen LogP) is -0.0928. The second-order valence-corrected chi connectivity index (χ2v) is 4.40. The number of nitrogens with zero attached hydrogens (tertiary/aromatic N) is 1. The van der Waals surface area contributed by atoms with E-state index < -0.39 is 7.12 Å². The van der Waals surface area contributed by atoms with Crippen molar-refractivity contribution in [1.82, 2.24) is 4.98 Å². The van der Waals surface area contributed by atoms with Crippen LogP contribution in [0.15, 0.2) is 12.3 Å². The van der Waals surface area contributed by atoms with Gasteiger partial charge in [0.05, 0.1) is 0 Å². The van der Waals surface area contributed by atoms with Gasteiger partial charge in [0.25, 0.3) is 0 Å². The standard InChI is InChI=1S/C8H9BINO3/c10-7-3-8(14-5-1-2-5)11-4-6(7)9(12)13/h3-5,12-13H,1-2H2. The maximum absolute atomic E-state index is 8.96. The van der Waals surface area contributed by atoms with Crippen molar-refractivity contribution in [2.75, 3.05) is 0 Å². The number of pyridine rings is 1. The Hall–Kier alpha value is -0.335. The van der Waals surface area contributed by atoms with Crippen LogP contribution in [0.3, 0.4) is 0 Å². The highest BCUT2D eigenvalue weighted by molar-refractivity contribution is 14.1. The van der Waals surface area contributed by atoms with Crippen LogP contribution in [0.1, 0.15) is 12.8 Å². The molecule has 14 heavy (non-hydrogen) atoms. The molecule has 0 saturated heterocycles. The normalized spacial score (nSPS) is 15.4. The fraction of sp³-hybridized carbons (Fsp3) is 0.375. The average Bonchev–Trinajstić information content (AvgIpc) is 2.87. The van der Waals surface area contributed by atoms with Crippen molar-refractivity contribution < 1.29 is 14.8 Å². The molecule has 0 bridgehead atoms. The summed E-state index contributed by atoms with van der Waals surface area (Å²) in [7, 11) is -1.47. The van der Waals surface area contributed by atoms with Crippen molar-refractivity contribution in [2.45, 2.75) is 18.9 Å². The van der Waals surface area contributed by atoms with Crippen LogP contribution in [0.4, 0.5) is 0 Å². The number of hydrogen-bond acceptors (Lipinski definition) is 4. The molecule has 2 N–H and O–H groups in total. The Balaban J connectivity index is 2.16. The van der Waals surface area contributed by atoms with Crippen LogP contribution in [-0.2, 0) is 0 Å². The van der Waals surface area contributed by atoms with Crippen LogP contribution in [-0.4, -0.2) is 28.3 Å². The number of ether oxygens (including phenoxy) is 1. The monoisotopic (exact) mass is 305 g/mol. The third-order valence-electron chi connectivity index (χ3n) is 1.95. The molecule has 1 heterocycles. The Bertz CT molecular complexity index is 343. The van der Waals surface area contributed by atoms with Gasteiger partial charge in [-0.1, -0.05) is 0 Å². The maximum Gasteiger partial charge on any atom is 0.491 e. The molecule has 0 aliphatic heterocycles. The zero-order chi connectivity index (χ0) is 10.1. The number of hydrogen-bond donors (Lipinski definition) is 2. The van der Waals surface area contributed by atoms with E-state index in [1.54, 1.807) is 6.07 Å². The quantitative estimate of drug-likeness (QED) is 0.605. The lowest BCUT2D eigenvalue weighted by atomic mass is 9.82. The molecule has 0 radical (unpaired) electrons. The summed E-state index contributed by atoms with van der Waals surface area (Å²) in [6.07, 6.45) is 3.92. The van der Waals surface area contributed by atoms with Crippen molar-refractivity contribution in [2.24, 2.45) is 0 Å². The molecule has 1 fully saturated rings. The summed E-state index contributed by atoms with van der Waals surface area (Å²) >= 11 is 2.03. The summed E-state index contributed by atoms with van der Waals surface area (Å²) in [4.78, 5) is 3.99. The highest BCUT2D eigenvalue weighted by atomic mass is 127. The Morgan fingerprint density at radius 3 is 2.71 bits per heavy atom. The molecule has 0 atom stereocenters. The molecule has 0 unspecified atom stereocenters. The Morgan fingerprint density at radius 1 is 1.50 bits per heavy atom. The van der Waals surface area contributed by atoms with Crippen molar-refractivity contribution in [3.05, 3.63) is 15.8 Å². The van der Waals surface area contributed by atoms with E-state index in [1.165, 1.54) is 6.20 Å². The molecule has 1 aromatic heterocycles. The molecular formula is C8H9BINO3. The molecule has 6 heteroatoms. The number of halogens is 1. The minimum Gasteiger partial charge on any atom is -0.474 e. The molecule has 74 valence electrons. The van der Waals surface area contributed by atoms with Gasteiger partial charge in [0.2, 0.25) is 5.88 Å². The van der Waals surface area contributed by atoms with Gasteiger partial charge in [0, 0.05) is 21.3 Å². The average molecular weight is 305 g/mol. The zero-order valence-corrected chi connectivity index (χ0v) is 9.51. The van der Waals surface area contributed by atoms with Gasteiger partial charge in [-0.15, -0.1) is 0 Å². The van der Waals surface area contributed by atoms with Crippen molar-refractivity contribution >= 4 is 35.2 Å². The highest BCUT2D eigenvalue weighted by Crippen LogP contribution is 2.25. The molecule has 1 aromatic rings. The molecule has 0 amide bonds. The maximum atomic E-state index is 8.96. The minimum atomic E-state index is -1.47. The van der Waals surface area contributed by atoms with Gasteiger partial charge in [-0.3, -0.25) is 0 Å². The van der Waals surface area contributed by atoms with Crippen molar-refractivity contribution in [3.63, 3.8) is 0 Å². The first-order valence-electron chi connectivity index (χ1n) is 4.35. The van der Waals surface area contributed by atoms with Crippen molar-refractivity contribution in [3.8, 4) is 5.88 Å². The lowest BCUT2D eigenvalue weighted by Gasteiger charge is -2.06. The fourth-order valence-electron chi connectivity index (χ4n) is 1.03. The molecule has 4 nitrogen and oxygen atoms in total. The van der Waals surface area contributed by atoms with Crippen LogP contribution in [0, 0.1) is 3.57 Å². The fourth-order valence-corrected chi connectivity index (χ4v) is 1.72. The van der Waals surface area contributed by atoms with Gasteiger partial charge in [-0.2, -0.15) is 0 Å². The summed E-state index contributed by atoms with van der Waals surface area (Å²) in [6, 6.07) is 1.72. The van der Waals surface area contributed by atoms with Crippen LogP contribution in [0.25, 0.3) is 0 Å². The summed E-state index contributed by atoms with van der Waals surface area (Å²) in [5.41, 5.74) is 0.411. The number of rotatable bonds is 3. The third-order valence-corrected chi connectivity index (χ3v) is 2.88. The predicted molar refractivity (Wildman–Crippen MR) is 60.4 cm³/mol. The largest absolute Gasteiger partial charge is 0.491 e. The first-order valence-corrected chi connectivity index (χ1v) is 5.43. The van der Waals surface area contributed by atoms with E-state index in [-0.39, 0.29) is 0 Å².